The maximum Gasteiger partial charge on any atom is 0.120 e. The summed E-state index contributed by atoms with van der Waals surface area (Å²) in [5.41, 5.74) is 0. The first-order chi connectivity index (χ1) is 8.68. The number of ether oxygens (including phenoxy) is 2. The molecule has 0 bridgehead atoms. The third-order valence-electron chi connectivity index (χ3n) is 2.31. The second-order valence-electron chi connectivity index (χ2n) is 4.38. The molecule has 0 radical (unpaired) electrons. The lowest BCUT2D eigenvalue weighted by atomic mass is 10.3. The fraction of sp³-hybridized carbons (Fsp3) is 0.571. The lowest BCUT2D eigenvalue weighted by Gasteiger charge is -2.09. The first-order valence-electron chi connectivity index (χ1n) is 6.38. The maximum atomic E-state index is 5.56. The van der Waals surface area contributed by atoms with Gasteiger partial charge in [0.1, 0.15) is 12.4 Å². The average molecular weight is 316 g/mol. The molecular formula is C14H22BrNO2. The molecule has 1 rings (SSSR count). The van der Waals surface area contributed by atoms with Gasteiger partial charge in [-0.2, -0.15) is 0 Å². The summed E-state index contributed by atoms with van der Waals surface area (Å²) in [6.45, 7) is 7.30. The minimum Gasteiger partial charge on any atom is -0.491 e. The fourth-order valence-corrected chi connectivity index (χ4v) is 1.82. The smallest absolute Gasteiger partial charge is 0.120 e. The Balaban J connectivity index is 1.96. The zero-order valence-electron chi connectivity index (χ0n) is 11.1. The molecule has 0 aliphatic carbocycles. The zero-order valence-corrected chi connectivity index (χ0v) is 12.7. The second kappa shape index (κ2) is 9.36. The molecule has 3 nitrogen and oxygen atoms in total. The van der Waals surface area contributed by atoms with Crippen LogP contribution in [0.5, 0.6) is 5.75 Å². The van der Waals surface area contributed by atoms with Gasteiger partial charge in [0, 0.05) is 17.1 Å². The number of rotatable bonds is 9. The third-order valence-corrected chi connectivity index (χ3v) is 2.80. The van der Waals surface area contributed by atoms with Crippen LogP contribution in [-0.2, 0) is 4.74 Å². The van der Waals surface area contributed by atoms with Gasteiger partial charge in [-0.25, -0.2) is 0 Å². The van der Waals surface area contributed by atoms with E-state index in [-0.39, 0.29) is 0 Å². The Morgan fingerprint density at radius 3 is 2.78 bits per heavy atom. The molecule has 0 spiro atoms. The van der Waals surface area contributed by atoms with Crippen molar-refractivity contribution < 1.29 is 9.47 Å². The van der Waals surface area contributed by atoms with Gasteiger partial charge in [0.2, 0.25) is 0 Å². The summed E-state index contributed by atoms with van der Waals surface area (Å²) >= 11 is 3.41. The van der Waals surface area contributed by atoms with Gasteiger partial charge in [0.15, 0.2) is 0 Å². The molecule has 0 aromatic heterocycles. The van der Waals surface area contributed by atoms with Crippen LogP contribution in [0.15, 0.2) is 28.7 Å². The van der Waals surface area contributed by atoms with Gasteiger partial charge >= 0.3 is 0 Å². The third kappa shape index (κ3) is 7.69. The molecule has 1 N–H and O–H groups in total. The predicted octanol–water partition coefficient (Wildman–Crippen LogP) is 3.23. The zero-order chi connectivity index (χ0) is 13.2. The lowest BCUT2D eigenvalue weighted by molar-refractivity contribution is 0.0981. The Morgan fingerprint density at radius 1 is 1.22 bits per heavy atom. The Bertz CT molecular complexity index is 331. The van der Waals surface area contributed by atoms with Crippen molar-refractivity contribution in [2.45, 2.75) is 26.3 Å². The summed E-state index contributed by atoms with van der Waals surface area (Å²) in [5, 5.41) is 3.35. The minimum absolute atomic E-state index is 0.546. The Morgan fingerprint density at radius 2 is 2.06 bits per heavy atom. The summed E-state index contributed by atoms with van der Waals surface area (Å²) in [6, 6.07) is 8.37. The Labute approximate surface area is 118 Å². The van der Waals surface area contributed by atoms with Crippen molar-refractivity contribution >= 4 is 15.9 Å². The summed E-state index contributed by atoms with van der Waals surface area (Å²) in [6.07, 6.45) is 1.04. The summed E-state index contributed by atoms with van der Waals surface area (Å²) in [7, 11) is 0. The second-order valence-corrected chi connectivity index (χ2v) is 5.30. The van der Waals surface area contributed by atoms with Crippen molar-refractivity contribution in [3.63, 3.8) is 0 Å². The first-order valence-corrected chi connectivity index (χ1v) is 7.17. The van der Waals surface area contributed by atoms with E-state index >= 15 is 0 Å². The number of nitrogens with one attached hydrogen (secondary N) is 1. The van der Waals surface area contributed by atoms with Crippen molar-refractivity contribution in [2.75, 3.05) is 26.4 Å². The van der Waals surface area contributed by atoms with Crippen molar-refractivity contribution in [1.29, 1.82) is 0 Å². The normalized spacial score (nSPS) is 10.9. The van der Waals surface area contributed by atoms with E-state index in [2.05, 4.69) is 35.1 Å². The van der Waals surface area contributed by atoms with E-state index in [1.54, 1.807) is 0 Å². The van der Waals surface area contributed by atoms with Crippen LogP contribution in [0.1, 0.15) is 20.3 Å². The Hall–Kier alpha value is -0.580. The molecule has 1 aromatic carbocycles. The number of benzene rings is 1. The standard InChI is InChI=1S/C14H22BrNO2/c1-12(2)16-7-4-8-17-9-10-18-14-6-3-5-13(15)11-14/h3,5-6,11-12,16H,4,7-10H2,1-2H3. The van der Waals surface area contributed by atoms with Crippen molar-refractivity contribution in [3.8, 4) is 5.75 Å². The predicted molar refractivity (Wildman–Crippen MR) is 78.2 cm³/mol. The van der Waals surface area contributed by atoms with E-state index in [1.807, 2.05) is 24.3 Å². The number of hydrogen-bond donors (Lipinski definition) is 1. The maximum absolute atomic E-state index is 5.56. The SMILES string of the molecule is CC(C)NCCCOCCOc1cccc(Br)c1. The van der Waals surface area contributed by atoms with Gasteiger partial charge in [-0.1, -0.05) is 35.8 Å². The Kier molecular flexibility index (Phi) is 8.05. The van der Waals surface area contributed by atoms with E-state index in [0.717, 1.165) is 29.8 Å². The van der Waals surface area contributed by atoms with Gasteiger partial charge < -0.3 is 14.8 Å². The quantitative estimate of drug-likeness (QED) is 0.710. The summed E-state index contributed by atoms with van der Waals surface area (Å²) < 4.78 is 12.1. The molecule has 0 fully saturated rings. The van der Waals surface area contributed by atoms with Crippen molar-refractivity contribution in [3.05, 3.63) is 28.7 Å². The van der Waals surface area contributed by atoms with E-state index in [9.17, 15) is 0 Å². The van der Waals surface area contributed by atoms with Gasteiger partial charge in [-0.05, 0) is 31.2 Å². The number of hydrogen-bond acceptors (Lipinski definition) is 3. The lowest BCUT2D eigenvalue weighted by Crippen LogP contribution is -2.24. The summed E-state index contributed by atoms with van der Waals surface area (Å²) in [5.74, 6) is 0.870. The molecule has 0 atom stereocenters. The largest absolute Gasteiger partial charge is 0.491 e. The highest BCUT2D eigenvalue weighted by Gasteiger charge is 1.95. The molecule has 0 saturated carbocycles. The van der Waals surface area contributed by atoms with Gasteiger partial charge in [0.05, 0.1) is 6.61 Å². The van der Waals surface area contributed by atoms with Crippen LogP contribution in [-0.4, -0.2) is 32.4 Å². The number of halogens is 1. The van der Waals surface area contributed by atoms with Crippen molar-refractivity contribution in [2.24, 2.45) is 0 Å². The van der Waals surface area contributed by atoms with E-state index in [1.165, 1.54) is 0 Å². The minimum atomic E-state index is 0.546. The monoisotopic (exact) mass is 315 g/mol. The van der Waals surface area contributed by atoms with Crippen LogP contribution < -0.4 is 10.1 Å². The molecule has 0 heterocycles. The van der Waals surface area contributed by atoms with Gasteiger partial charge in [-0.15, -0.1) is 0 Å². The van der Waals surface area contributed by atoms with Crippen LogP contribution in [0.2, 0.25) is 0 Å². The fourth-order valence-electron chi connectivity index (χ4n) is 1.44. The molecule has 18 heavy (non-hydrogen) atoms. The molecule has 0 aliphatic rings. The molecule has 0 unspecified atom stereocenters. The highest BCUT2D eigenvalue weighted by atomic mass is 79.9. The van der Waals surface area contributed by atoms with Gasteiger partial charge in [-0.3, -0.25) is 0 Å². The average Bonchev–Trinajstić information content (AvgIpc) is 2.32. The molecule has 102 valence electrons. The molecular weight excluding hydrogens is 294 g/mol. The van der Waals surface area contributed by atoms with E-state index in [4.69, 9.17) is 9.47 Å². The van der Waals surface area contributed by atoms with Gasteiger partial charge in [0.25, 0.3) is 0 Å². The molecule has 0 amide bonds. The van der Waals surface area contributed by atoms with Crippen LogP contribution in [0.25, 0.3) is 0 Å². The molecule has 4 heteroatoms. The van der Waals surface area contributed by atoms with Crippen LogP contribution >= 0.6 is 15.9 Å². The first kappa shape index (κ1) is 15.5. The summed E-state index contributed by atoms with van der Waals surface area (Å²) in [4.78, 5) is 0. The van der Waals surface area contributed by atoms with Crippen molar-refractivity contribution in [1.82, 2.24) is 5.32 Å². The van der Waals surface area contributed by atoms with Crippen LogP contribution in [0.4, 0.5) is 0 Å². The highest BCUT2D eigenvalue weighted by molar-refractivity contribution is 9.10. The molecule has 0 saturated heterocycles. The molecule has 0 aliphatic heterocycles. The topological polar surface area (TPSA) is 30.5 Å². The van der Waals surface area contributed by atoms with Crippen LogP contribution in [0, 0.1) is 0 Å². The van der Waals surface area contributed by atoms with E-state index in [0.29, 0.717) is 19.3 Å². The van der Waals surface area contributed by atoms with Crippen LogP contribution in [0.3, 0.4) is 0 Å². The highest BCUT2D eigenvalue weighted by Crippen LogP contribution is 2.17. The van der Waals surface area contributed by atoms with E-state index < -0.39 is 0 Å². The molecule has 1 aromatic rings.